The number of hydrogen-bond donors (Lipinski definition) is 2. The van der Waals surface area contributed by atoms with Gasteiger partial charge >= 0.3 is 6.03 Å². The zero-order valence-corrected chi connectivity index (χ0v) is 14.8. The van der Waals surface area contributed by atoms with E-state index in [1.54, 1.807) is 17.4 Å². The maximum Gasteiger partial charge on any atom is 0.320 e. The Labute approximate surface area is 154 Å². The Hall–Kier alpha value is -3.19. The highest BCUT2D eigenvalue weighted by Gasteiger charge is 2.18. The number of hydrogen-bond acceptors (Lipinski definition) is 4. The van der Waals surface area contributed by atoms with Gasteiger partial charge in [0.1, 0.15) is 0 Å². The lowest BCUT2D eigenvalue weighted by molar-refractivity contribution is -0.384. The molecule has 2 aromatic carbocycles. The third-order valence-corrected chi connectivity index (χ3v) is 4.77. The van der Waals surface area contributed by atoms with Crippen LogP contribution in [-0.4, -0.2) is 11.0 Å². The molecular formula is C19H17N3O3S. The van der Waals surface area contributed by atoms with Crippen LogP contribution in [0, 0.1) is 17.0 Å². The first kappa shape index (κ1) is 17.6. The van der Waals surface area contributed by atoms with Gasteiger partial charge in [0.15, 0.2) is 0 Å². The summed E-state index contributed by atoms with van der Waals surface area (Å²) in [5.41, 5.74) is 2.40. The van der Waals surface area contributed by atoms with E-state index in [9.17, 15) is 14.9 Å². The van der Waals surface area contributed by atoms with Crippen LogP contribution in [0.3, 0.4) is 0 Å². The van der Waals surface area contributed by atoms with E-state index in [2.05, 4.69) is 10.6 Å². The minimum absolute atomic E-state index is 0.0730. The minimum atomic E-state index is -0.496. The molecule has 1 atom stereocenters. The number of amides is 2. The number of nitro groups is 1. The molecule has 132 valence electrons. The van der Waals surface area contributed by atoms with Crippen molar-refractivity contribution in [2.45, 2.75) is 13.0 Å². The van der Waals surface area contributed by atoms with Crippen LogP contribution >= 0.6 is 11.3 Å². The minimum Gasteiger partial charge on any atom is -0.326 e. The number of non-ortho nitro benzene ring substituents is 1. The number of nitro benzene ring substituents is 1. The third-order valence-electron chi connectivity index (χ3n) is 3.83. The van der Waals surface area contributed by atoms with E-state index in [0.717, 1.165) is 16.0 Å². The van der Waals surface area contributed by atoms with E-state index < -0.39 is 11.0 Å². The molecule has 0 aliphatic carbocycles. The lowest BCUT2D eigenvalue weighted by atomic mass is 10.0. The van der Waals surface area contributed by atoms with Crippen LogP contribution in [0.5, 0.6) is 0 Å². The molecule has 0 spiro atoms. The molecule has 0 radical (unpaired) electrons. The number of aryl methyl sites for hydroxylation is 1. The van der Waals surface area contributed by atoms with Gasteiger partial charge in [0, 0.05) is 22.7 Å². The molecule has 3 aromatic rings. The highest BCUT2D eigenvalue weighted by molar-refractivity contribution is 7.10. The van der Waals surface area contributed by atoms with Crippen LogP contribution in [-0.2, 0) is 0 Å². The fourth-order valence-corrected chi connectivity index (χ4v) is 3.33. The first-order valence-electron chi connectivity index (χ1n) is 7.95. The zero-order valence-electron chi connectivity index (χ0n) is 14.0. The second kappa shape index (κ2) is 7.79. The number of rotatable bonds is 5. The van der Waals surface area contributed by atoms with Crippen molar-refractivity contribution in [1.82, 2.24) is 5.32 Å². The van der Waals surface area contributed by atoms with Crippen molar-refractivity contribution in [3.8, 4) is 0 Å². The van der Waals surface area contributed by atoms with Crippen molar-refractivity contribution >= 4 is 28.7 Å². The highest BCUT2D eigenvalue weighted by atomic mass is 32.1. The van der Waals surface area contributed by atoms with Gasteiger partial charge in [-0.05, 0) is 30.0 Å². The molecule has 1 aromatic heterocycles. The molecular weight excluding hydrogens is 350 g/mol. The summed E-state index contributed by atoms with van der Waals surface area (Å²) in [6, 6.07) is 17.0. The first-order chi connectivity index (χ1) is 12.5. The number of carbonyl (C=O) groups is 1. The van der Waals surface area contributed by atoms with E-state index in [1.807, 2.05) is 48.7 Å². The lowest BCUT2D eigenvalue weighted by Gasteiger charge is -2.19. The number of thiophene rings is 1. The van der Waals surface area contributed by atoms with Crippen LogP contribution in [0.15, 0.2) is 66.0 Å². The van der Waals surface area contributed by atoms with Crippen LogP contribution in [0.25, 0.3) is 0 Å². The largest absolute Gasteiger partial charge is 0.326 e. The lowest BCUT2D eigenvalue weighted by Crippen LogP contribution is -2.32. The summed E-state index contributed by atoms with van der Waals surface area (Å²) in [4.78, 5) is 23.8. The van der Waals surface area contributed by atoms with Gasteiger partial charge in [-0.2, -0.15) is 0 Å². The van der Waals surface area contributed by atoms with E-state index in [1.165, 1.54) is 18.2 Å². The van der Waals surface area contributed by atoms with E-state index in [-0.39, 0.29) is 11.7 Å². The summed E-state index contributed by atoms with van der Waals surface area (Å²) in [5, 5.41) is 18.4. The van der Waals surface area contributed by atoms with Crippen molar-refractivity contribution in [2.75, 3.05) is 5.32 Å². The van der Waals surface area contributed by atoms with Gasteiger partial charge in [-0.3, -0.25) is 10.1 Å². The molecule has 3 rings (SSSR count). The standard InChI is InChI=1S/C19H17N3O3S/c1-13-7-9-14(10-8-13)18(17-6-3-11-26-17)21-19(23)20-15-4-2-5-16(12-15)22(24)25/h2-12,18H,1H3,(H2,20,21,23). The smallest absolute Gasteiger partial charge is 0.320 e. The van der Waals surface area contributed by atoms with Crippen molar-refractivity contribution in [3.63, 3.8) is 0 Å². The second-order valence-electron chi connectivity index (χ2n) is 5.77. The Morgan fingerprint density at radius 2 is 1.88 bits per heavy atom. The van der Waals surface area contributed by atoms with E-state index in [4.69, 9.17) is 0 Å². The van der Waals surface area contributed by atoms with Crippen LogP contribution in [0.2, 0.25) is 0 Å². The average molecular weight is 367 g/mol. The van der Waals surface area contributed by atoms with Gasteiger partial charge in [-0.15, -0.1) is 11.3 Å². The zero-order chi connectivity index (χ0) is 18.5. The van der Waals surface area contributed by atoms with Crippen molar-refractivity contribution < 1.29 is 9.72 Å². The summed E-state index contributed by atoms with van der Waals surface area (Å²) >= 11 is 1.55. The molecule has 1 heterocycles. The SMILES string of the molecule is Cc1ccc(C(NC(=O)Nc2cccc([N+](=O)[O-])c2)c2cccs2)cc1. The average Bonchev–Trinajstić information content (AvgIpc) is 3.15. The molecule has 26 heavy (non-hydrogen) atoms. The van der Waals surface area contributed by atoms with Gasteiger partial charge in [-0.25, -0.2) is 4.79 Å². The number of benzene rings is 2. The molecule has 0 aliphatic rings. The Morgan fingerprint density at radius 1 is 1.12 bits per heavy atom. The molecule has 2 amide bonds. The fraction of sp³-hybridized carbons (Fsp3) is 0.105. The number of urea groups is 1. The Kier molecular flexibility index (Phi) is 5.28. The van der Waals surface area contributed by atoms with Gasteiger partial charge in [-0.1, -0.05) is 42.0 Å². The third kappa shape index (κ3) is 4.25. The van der Waals surface area contributed by atoms with Crippen molar-refractivity contribution in [3.05, 3.63) is 92.2 Å². The topological polar surface area (TPSA) is 84.3 Å². The molecule has 0 saturated heterocycles. The molecule has 7 heteroatoms. The van der Waals surface area contributed by atoms with Crippen LogP contribution in [0.1, 0.15) is 22.0 Å². The first-order valence-corrected chi connectivity index (χ1v) is 8.83. The maximum atomic E-state index is 12.5. The maximum absolute atomic E-state index is 12.5. The second-order valence-corrected chi connectivity index (χ2v) is 6.74. The molecule has 6 nitrogen and oxygen atoms in total. The molecule has 0 bridgehead atoms. The van der Waals surface area contributed by atoms with Crippen LogP contribution in [0.4, 0.5) is 16.2 Å². The van der Waals surface area contributed by atoms with Gasteiger partial charge in [0.2, 0.25) is 0 Å². The number of carbonyl (C=O) groups excluding carboxylic acids is 1. The Balaban J connectivity index is 1.78. The normalized spacial score (nSPS) is 11.6. The fourth-order valence-electron chi connectivity index (χ4n) is 2.53. The summed E-state index contributed by atoms with van der Waals surface area (Å²) in [6.45, 7) is 2.01. The quantitative estimate of drug-likeness (QED) is 0.498. The highest BCUT2D eigenvalue weighted by Crippen LogP contribution is 2.26. The molecule has 2 N–H and O–H groups in total. The van der Waals surface area contributed by atoms with Crippen molar-refractivity contribution in [1.29, 1.82) is 0 Å². The van der Waals surface area contributed by atoms with Gasteiger partial charge < -0.3 is 10.6 Å². The monoisotopic (exact) mass is 367 g/mol. The van der Waals surface area contributed by atoms with Crippen LogP contribution < -0.4 is 10.6 Å². The summed E-state index contributed by atoms with van der Waals surface area (Å²) in [7, 11) is 0. The number of nitrogens with one attached hydrogen (secondary N) is 2. The summed E-state index contributed by atoms with van der Waals surface area (Å²) in [5.74, 6) is 0. The number of nitrogens with zero attached hydrogens (tertiary/aromatic N) is 1. The number of anilines is 1. The van der Waals surface area contributed by atoms with Crippen molar-refractivity contribution in [2.24, 2.45) is 0 Å². The predicted molar refractivity (Wildman–Crippen MR) is 103 cm³/mol. The molecule has 0 fully saturated rings. The van der Waals surface area contributed by atoms with E-state index >= 15 is 0 Å². The van der Waals surface area contributed by atoms with E-state index in [0.29, 0.717) is 5.69 Å². The Bertz CT molecular complexity index is 908. The molecule has 0 aliphatic heterocycles. The molecule has 0 saturated carbocycles. The van der Waals surface area contributed by atoms with Gasteiger partial charge in [0.05, 0.1) is 11.0 Å². The summed E-state index contributed by atoms with van der Waals surface area (Å²) in [6.07, 6.45) is 0. The Morgan fingerprint density at radius 3 is 2.54 bits per heavy atom. The van der Waals surface area contributed by atoms with Gasteiger partial charge in [0.25, 0.3) is 5.69 Å². The summed E-state index contributed by atoms with van der Waals surface area (Å²) < 4.78 is 0. The molecule has 1 unspecified atom stereocenters. The predicted octanol–water partition coefficient (Wildman–Crippen LogP) is 4.88.